The summed E-state index contributed by atoms with van der Waals surface area (Å²) in [5.41, 5.74) is 6.28. The zero-order chi connectivity index (χ0) is 20.4. The van der Waals surface area contributed by atoms with E-state index in [1.807, 2.05) is 0 Å². The Kier molecular flexibility index (Phi) is 6.53. The van der Waals surface area contributed by atoms with Gasteiger partial charge in [-0.15, -0.1) is 0 Å². The highest BCUT2D eigenvalue weighted by Gasteiger charge is 2.29. The molecule has 2 N–H and O–H groups in total. The number of rotatable bonds is 7. The van der Waals surface area contributed by atoms with Crippen molar-refractivity contribution in [2.75, 3.05) is 6.54 Å². The topological polar surface area (TPSA) is 107 Å². The summed E-state index contributed by atoms with van der Waals surface area (Å²) < 4.78 is 40.7. The van der Waals surface area contributed by atoms with Gasteiger partial charge in [0.1, 0.15) is 5.82 Å². The monoisotopic (exact) mass is 415 g/mol. The second kappa shape index (κ2) is 8.30. The van der Waals surface area contributed by atoms with Crippen molar-refractivity contribution in [3.63, 3.8) is 0 Å². The Morgan fingerprint density at radius 1 is 1.22 bits per heavy atom. The third-order valence-corrected chi connectivity index (χ3v) is 6.34. The molecule has 27 heavy (non-hydrogen) atoms. The zero-order valence-corrected chi connectivity index (χ0v) is 16.2. The van der Waals surface area contributed by atoms with Gasteiger partial charge < -0.3 is 5.73 Å². The zero-order valence-electron chi connectivity index (χ0n) is 14.7. The van der Waals surface area contributed by atoms with Gasteiger partial charge >= 0.3 is 0 Å². The molecule has 0 unspecified atom stereocenters. The highest BCUT2D eigenvalue weighted by molar-refractivity contribution is 7.89. The van der Waals surface area contributed by atoms with Gasteiger partial charge in [0, 0.05) is 30.8 Å². The van der Waals surface area contributed by atoms with Crippen LogP contribution < -0.4 is 5.73 Å². The lowest BCUT2D eigenvalue weighted by Crippen LogP contribution is -2.41. The molecule has 2 aromatic carbocycles. The summed E-state index contributed by atoms with van der Waals surface area (Å²) in [4.78, 5) is 10.1. The van der Waals surface area contributed by atoms with Gasteiger partial charge in [-0.25, -0.2) is 12.8 Å². The molecule has 0 radical (unpaired) electrons. The summed E-state index contributed by atoms with van der Waals surface area (Å²) >= 11 is 5.66. The van der Waals surface area contributed by atoms with Gasteiger partial charge in [-0.2, -0.15) is 4.31 Å². The fraction of sp³-hybridized carbons (Fsp3) is 0.294. The van der Waals surface area contributed by atoms with Gasteiger partial charge in [0.25, 0.3) is 5.69 Å². The molecule has 146 valence electrons. The van der Waals surface area contributed by atoms with Crippen LogP contribution in [0.15, 0.2) is 47.4 Å². The highest BCUT2D eigenvalue weighted by atomic mass is 35.5. The van der Waals surface area contributed by atoms with E-state index in [0.29, 0.717) is 5.56 Å². The van der Waals surface area contributed by atoms with Crippen LogP contribution in [0.1, 0.15) is 25.5 Å². The van der Waals surface area contributed by atoms with E-state index >= 15 is 0 Å². The van der Waals surface area contributed by atoms with Crippen LogP contribution in [0, 0.1) is 15.9 Å². The first-order valence-corrected chi connectivity index (χ1v) is 9.82. The molecule has 1 atom stereocenters. The van der Waals surface area contributed by atoms with Crippen molar-refractivity contribution < 1.29 is 17.7 Å². The van der Waals surface area contributed by atoms with Crippen molar-refractivity contribution in [3.05, 3.63) is 69.0 Å². The summed E-state index contributed by atoms with van der Waals surface area (Å²) in [5, 5.41) is 10.7. The number of sulfonamides is 1. The van der Waals surface area contributed by atoms with Crippen LogP contribution in [0.25, 0.3) is 0 Å². The molecule has 0 aromatic heterocycles. The number of non-ortho nitro benzene ring substituents is 1. The average Bonchev–Trinajstić information content (AvgIpc) is 2.61. The van der Waals surface area contributed by atoms with Crippen LogP contribution in [-0.2, 0) is 10.0 Å². The van der Waals surface area contributed by atoms with Gasteiger partial charge in [-0.3, -0.25) is 10.1 Å². The van der Waals surface area contributed by atoms with E-state index in [0.717, 1.165) is 12.1 Å². The van der Waals surface area contributed by atoms with E-state index in [1.54, 1.807) is 13.8 Å². The number of halogens is 2. The maximum atomic E-state index is 13.7. The lowest BCUT2D eigenvalue weighted by molar-refractivity contribution is -0.384. The Labute approximate surface area is 161 Å². The van der Waals surface area contributed by atoms with E-state index in [4.69, 9.17) is 17.3 Å². The molecule has 0 fully saturated rings. The number of nitro groups is 1. The number of nitrogens with two attached hydrogens (primary N) is 1. The summed E-state index contributed by atoms with van der Waals surface area (Å²) in [6.45, 7) is 3.26. The van der Waals surface area contributed by atoms with Crippen molar-refractivity contribution >= 4 is 27.3 Å². The van der Waals surface area contributed by atoms with Crippen LogP contribution in [-0.4, -0.2) is 30.2 Å². The molecule has 0 aliphatic carbocycles. The van der Waals surface area contributed by atoms with Crippen LogP contribution in [0.2, 0.25) is 5.02 Å². The molecule has 0 amide bonds. The van der Waals surface area contributed by atoms with Crippen molar-refractivity contribution in [2.45, 2.75) is 30.8 Å². The number of nitro benzene ring substituents is 1. The molecule has 10 heteroatoms. The Balaban J connectivity index is 2.32. The lowest BCUT2D eigenvalue weighted by Gasteiger charge is -2.28. The summed E-state index contributed by atoms with van der Waals surface area (Å²) in [6.07, 6.45) is 0. The first-order valence-electron chi connectivity index (χ1n) is 8.01. The molecule has 0 spiro atoms. The number of nitrogens with zero attached hydrogens (tertiary/aromatic N) is 2. The van der Waals surface area contributed by atoms with Gasteiger partial charge in [0.05, 0.1) is 14.8 Å². The quantitative estimate of drug-likeness (QED) is 0.550. The van der Waals surface area contributed by atoms with Gasteiger partial charge in [-0.05, 0) is 43.7 Å². The molecule has 2 aromatic rings. The van der Waals surface area contributed by atoms with Crippen LogP contribution in [0.5, 0.6) is 0 Å². The fourth-order valence-electron chi connectivity index (χ4n) is 2.50. The van der Waals surface area contributed by atoms with E-state index in [9.17, 15) is 22.9 Å². The summed E-state index contributed by atoms with van der Waals surface area (Å²) in [5.74, 6) is -0.640. The Bertz CT molecular complexity index is 936. The third kappa shape index (κ3) is 4.81. The molecule has 0 bridgehead atoms. The molecular formula is C17H19ClFN3O4S. The van der Waals surface area contributed by atoms with Crippen LogP contribution in [0.4, 0.5) is 10.1 Å². The fourth-order valence-corrected chi connectivity index (χ4v) is 4.28. The predicted molar refractivity (Wildman–Crippen MR) is 100 cm³/mol. The predicted octanol–water partition coefficient (Wildman–Crippen LogP) is 3.49. The van der Waals surface area contributed by atoms with Gasteiger partial charge in [-0.1, -0.05) is 17.7 Å². The average molecular weight is 416 g/mol. The minimum absolute atomic E-state index is 0.0508. The lowest BCUT2D eigenvalue weighted by atomic mass is 10.1. The molecule has 2 rings (SSSR count). The maximum Gasteiger partial charge on any atom is 0.269 e. The second-order valence-electron chi connectivity index (χ2n) is 6.20. The maximum absolute atomic E-state index is 13.7. The highest BCUT2D eigenvalue weighted by Crippen LogP contribution is 2.25. The van der Waals surface area contributed by atoms with Gasteiger partial charge in [0.15, 0.2) is 0 Å². The van der Waals surface area contributed by atoms with Crippen molar-refractivity contribution in [1.82, 2.24) is 4.31 Å². The van der Waals surface area contributed by atoms with Crippen LogP contribution in [0.3, 0.4) is 0 Å². The first kappa shape index (κ1) is 21.2. The SMILES string of the molecule is CC(C)N(C[C@@H](N)c1ccc(Cl)c(F)c1)S(=O)(=O)c1ccc([N+](=O)[O-])cc1. The van der Waals surface area contributed by atoms with Crippen molar-refractivity contribution in [3.8, 4) is 0 Å². The minimum atomic E-state index is -3.95. The Morgan fingerprint density at radius 3 is 2.30 bits per heavy atom. The van der Waals surface area contributed by atoms with Crippen molar-refractivity contribution in [2.24, 2.45) is 5.73 Å². The summed E-state index contributed by atoms with van der Waals surface area (Å²) in [6, 6.07) is 7.44. The molecule has 0 saturated heterocycles. The number of hydrogen-bond acceptors (Lipinski definition) is 5. The standard InChI is InChI=1S/C17H19ClFN3O4S/c1-11(2)21(10-17(20)12-3-8-15(18)16(19)9-12)27(25,26)14-6-4-13(5-7-14)22(23)24/h3-9,11,17H,10,20H2,1-2H3/t17-/m1/s1. The van der Waals surface area contributed by atoms with E-state index in [2.05, 4.69) is 0 Å². The Morgan fingerprint density at radius 2 is 1.81 bits per heavy atom. The molecule has 0 aliphatic rings. The minimum Gasteiger partial charge on any atom is -0.323 e. The number of hydrogen-bond donors (Lipinski definition) is 1. The Hall–Kier alpha value is -2.07. The molecule has 0 heterocycles. The van der Waals surface area contributed by atoms with Crippen LogP contribution >= 0.6 is 11.6 Å². The number of benzene rings is 2. The second-order valence-corrected chi connectivity index (χ2v) is 8.50. The largest absolute Gasteiger partial charge is 0.323 e. The third-order valence-electron chi connectivity index (χ3n) is 3.98. The van der Waals surface area contributed by atoms with Crippen molar-refractivity contribution in [1.29, 1.82) is 0 Å². The smallest absolute Gasteiger partial charge is 0.269 e. The van der Waals surface area contributed by atoms with E-state index in [-0.39, 0.29) is 22.2 Å². The molecule has 0 aliphatic heterocycles. The van der Waals surface area contributed by atoms with E-state index in [1.165, 1.54) is 34.6 Å². The van der Waals surface area contributed by atoms with Gasteiger partial charge in [0.2, 0.25) is 10.0 Å². The first-order chi connectivity index (χ1) is 12.5. The van der Waals surface area contributed by atoms with E-state index < -0.39 is 32.8 Å². The molecular weight excluding hydrogens is 397 g/mol. The molecule has 7 nitrogen and oxygen atoms in total. The summed E-state index contributed by atoms with van der Waals surface area (Å²) in [7, 11) is -3.95. The molecule has 0 saturated carbocycles. The normalized spacial score (nSPS) is 13.1.